The second kappa shape index (κ2) is 4.02. The van der Waals surface area contributed by atoms with Gasteiger partial charge in [0, 0.05) is 25.7 Å². The zero-order valence-corrected chi connectivity index (χ0v) is 8.99. The number of amides is 1. The lowest BCUT2D eigenvalue weighted by molar-refractivity contribution is 0.0588. The van der Waals surface area contributed by atoms with Gasteiger partial charge in [0.05, 0.1) is 11.7 Å². The molecule has 1 aromatic rings. The highest BCUT2D eigenvalue weighted by Gasteiger charge is 2.29. The monoisotopic (exact) mass is 209 g/mol. The summed E-state index contributed by atoms with van der Waals surface area (Å²) in [5.41, 5.74) is 0.737. The van der Waals surface area contributed by atoms with Crippen LogP contribution in [0.4, 0.5) is 0 Å². The lowest BCUT2D eigenvalue weighted by atomic mass is 10.1. The van der Waals surface area contributed by atoms with Crippen molar-refractivity contribution in [2.24, 2.45) is 0 Å². The maximum absolute atomic E-state index is 12.0. The molecule has 2 heterocycles. The molecule has 0 spiro atoms. The number of aryl methyl sites for hydroxylation is 1. The Hall–Kier alpha value is -1.36. The van der Waals surface area contributed by atoms with Gasteiger partial charge in [-0.05, 0) is 13.8 Å². The Morgan fingerprint density at radius 3 is 2.87 bits per heavy atom. The molecule has 2 rings (SSSR count). The van der Waals surface area contributed by atoms with Gasteiger partial charge in [0.25, 0.3) is 5.91 Å². The molecular formula is C10H15N3O2. The van der Waals surface area contributed by atoms with Gasteiger partial charge in [0.1, 0.15) is 0 Å². The summed E-state index contributed by atoms with van der Waals surface area (Å²) in [6.07, 6.45) is 0. The first-order valence-corrected chi connectivity index (χ1v) is 5.17. The average molecular weight is 209 g/mol. The first-order valence-electron chi connectivity index (χ1n) is 5.17. The van der Waals surface area contributed by atoms with E-state index in [1.165, 1.54) is 0 Å². The third-order valence-corrected chi connectivity index (χ3v) is 2.64. The predicted molar refractivity (Wildman–Crippen MR) is 54.6 cm³/mol. The normalized spacial score (nSPS) is 16.1. The van der Waals surface area contributed by atoms with Gasteiger partial charge < -0.3 is 14.7 Å². The van der Waals surface area contributed by atoms with E-state index in [1.807, 2.05) is 18.7 Å². The average Bonchev–Trinajstić information content (AvgIpc) is 2.57. The molecule has 5 heteroatoms. The highest BCUT2D eigenvalue weighted by Crippen LogP contribution is 2.12. The number of carbonyl (C=O) groups excluding carboxylic acids is 1. The SMILES string of the molecule is CCN(C(=O)c1cc(C)no1)C1CNC1. The summed E-state index contributed by atoms with van der Waals surface area (Å²) >= 11 is 0. The number of likely N-dealkylation sites (N-methyl/N-ethyl adjacent to an activating group) is 1. The second-order valence-corrected chi connectivity index (χ2v) is 3.74. The number of carbonyl (C=O) groups is 1. The van der Waals surface area contributed by atoms with Crippen LogP contribution in [0.2, 0.25) is 0 Å². The maximum Gasteiger partial charge on any atom is 0.292 e. The number of nitrogens with one attached hydrogen (secondary N) is 1. The Balaban J connectivity index is 2.10. The molecule has 1 amide bonds. The summed E-state index contributed by atoms with van der Waals surface area (Å²) in [5, 5.41) is 6.87. The smallest absolute Gasteiger partial charge is 0.292 e. The molecule has 0 bridgehead atoms. The van der Waals surface area contributed by atoms with E-state index in [4.69, 9.17) is 4.52 Å². The molecule has 0 atom stereocenters. The predicted octanol–water partition coefficient (Wildman–Crippen LogP) is 0.417. The van der Waals surface area contributed by atoms with Crippen LogP contribution in [0, 0.1) is 6.92 Å². The minimum atomic E-state index is -0.0652. The van der Waals surface area contributed by atoms with Crippen molar-refractivity contribution in [2.75, 3.05) is 19.6 Å². The van der Waals surface area contributed by atoms with Crippen LogP contribution in [0.1, 0.15) is 23.2 Å². The van der Waals surface area contributed by atoms with Crippen molar-refractivity contribution in [3.8, 4) is 0 Å². The molecule has 0 aliphatic carbocycles. The van der Waals surface area contributed by atoms with Gasteiger partial charge in [-0.2, -0.15) is 0 Å². The quantitative estimate of drug-likeness (QED) is 0.783. The minimum Gasteiger partial charge on any atom is -0.351 e. The van der Waals surface area contributed by atoms with Crippen LogP contribution in [0.25, 0.3) is 0 Å². The Kier molecular flexibility index (Phi) is 2.73. The molecule has 0 unspecified atom stereocenters. The summed E-state index contributed by atoms with van der Waals surface area (Å²) in [5.74, 6) is 0.269. The minimum absolute atomic E-state index is 0.0652. The van der Waals surface area contributed by atoms with Gasteiger partial charge in [-0.1, -0.05) is 5.16 Å². The van der Waals surface area contributed by atoms with Crippen LogP contribution in [-0.4, -0.2) is 41.6 Å². The molecule has 5 nitrogen and oxygen atoms in total. The third-order valence-electron chi connectivity index (χ3n) is 2.64. The molecule has 0 saturated carbocycles. The first-order chi connectivity index (χ1) is 7.22. The highest BCUT2D eigenvalue weighted by molar-refractivity contribution is 5.91. The van der Waals surface area contributed by atoms with Crippen LogP contribution in [0.15, 0.2) is 10.6 Å². The Labute approximate surface area is 88.4 Å². The summed E-state index contributed by atoms with van der Waals surface area (Å²) < 4.78 is 4.97. The van der Waals surface area contributed by atoms with Crippen molar-refractivity contribution in [3.05, 3.63) is 17.5 Å². The zero-order chi connectivity index (χ0) is 10.8. The Bertz CT molecular complexity index is 357. The van der Waals surface area contributed by atoms with Gasteiger partial charge in [0.2, 0.25) is 5.76 Å². The summed E-state index contributed by atoms with van der Waals surface area (Å²) in [4.78, 5) is 13.8. The van der Waals surface area contributed by atoms with Crippen molar-refractivity contribution < 1.29 is 9.32 Å². The molecular weight excluding hydrogens is 194 g/mol. The number of hydrogen-bond acceptors (Lipinski definition) is 4. The molecule has 1 N–H and O–H groups in total. The van der Waals surface area contributed by atoms with E-state index in [1.54, 1.807) is 6.07 Å². The Morgan fingerprint density at radius 1 is 1.73 bits per heavy atom. The molecule has 0 aromatic carbocycles. The van der Waals surface area contributed by atoms with Crippen molar-refractivity contribution in [1.29, 1.82) is 0 Å². The van der Waals surface area contributed by atoms with E-state index in [0.29, 0.717) is 18.3 Å². The number of aromatic nitrogens is 1. The molecule has 15 heavy (non-hydrogen) atoms. The molecule has 82 valence electrons. The largest absolute Gasteiger partial charge is 0.351 e. The summed E-state index contributed by atoms with van der Waals surface area (Å²) in [7, 11) is 0. The highest BCUT2D eigenvalue weighted by atomic mass is 16.5. The molecule has 1 saturated heterocycles. The Morgan fingerprint density at radius 2 is 2.47 bits per heavy atom. The lowest BCUT2D eigenvalue weighted by Gasteiger charge is -2.36. The standard InChI is InChI=1S/C10H15N3O2/c1-3-13(8-5-11-6-8)10(14)9-4-7(2)12-15-9/h4,8,11H,3,5-6H2,1-2H3. The fraction of sp³-hybridized carbons (Fsp3) is 0.600. The molecule has 1 aromatic heterocycles. The van der Waals surface area contributed by atoms with E-state index in [-0.39, 0.29) is 5.91 Å². The van der Waals surface area contributed by atoms with Crippen LogP contribution >= 0.6 is 0 Å². The number of nitrogens with zero attached hydrogens (tertiary/aromatic N) is 2. The van der Waals surface area contributed by atoms with Crippen molar-refractivity contribution >= 4 is 5.91 Å². The number of rotatable bonds is 3. The molecule has 1 aliphatic heterocycles. The van der Waals surface area contributed by atoms with E-state index >= 15 is 0 Å². The second-order valence-electron chi connectivity index (χ2n) is 3.74. The van der Waals surface area contributed by atoms with Crippen LogP contribution < -0.4 is 5.32 Å². The molecule has 1 fully saturated rings. The number of hydrogen-bond donors (Lipinski definition) is 1. The van der Waals surface area contributed by atoms with Gasteiger partial charge >= 0.3 is 0 Å². The van der Waals surface area contributed by atoms with Crippen LogP contribution in [0.3, 0.4) is 0 Å². The zero-order valence-electron chi connectivity index (χ0n) is 8.99. The van der Waals surface area contributed by atoms with Gasteiger partial charge in [-0.15, -0.1) is 0 Å². The van der Waals surface area contributed by atoms with E-state index in [9.17, 15) is 4.79 Å². The van der Waals surface area contributed by atoms with Crippen molar-refractivity contribution in [1.82, 2.24) is 15.4 Å². The molecule has 0 radical (unpaired) electrons. The van der Waals surface area contributed by atoms with E-state index in [2.05, 4.69) is 10.5 Å². The lowest BCUT2D eigenvalue weighted by Crippen LogP contribution is -2.58. The van der Waals surface area contributed by atoms with Crippen molar-refractivity contribution in [2.45, 2.75) is 19.9 Å². The van der Waals surface area contributed by atoms with E-state index < -0.39 is 0 Å². The third kappa shape index (κ3) is 1.87. The van der Waals surface area contributed by atoms with E-state index in [0.717, 1.165) is 18.8 Å². The van der Waals surface area contributed by atoms with Gasteiger partial charge in [0.15, 0.2) is 0 Å². The van der Waals surface area contributed by atoms with Gasteiger partial charge in [-0.25, -0.2) is 0 Å². The fourth-order valence-corrected chi connectivity index (χ4v) is 1.67. The topological polar surface area (TPSA) is 58.4 Å². The van der Waals surface area contributed by atoms with Gasteiger partial charge in [-0.3, -0.25) is 4.79 Å². The molecule has 1 aliphatic rings. The first kappa shape index (κ1) is 10.2. The summed E-state index contributed by atoms with van der Waals surface area (Å²) in [6, 6.07) is 1.98. The summed E-state index contributed by atoms with van der Waals surface area (Å²) in [6.45, 7) is 6.21. The van der Waals surface area contributed by atoms with Crippen molar-refractivity contribution in [3.63, 3.8) is 0 Å². The van der Waals surface area contributed by atoms with Crippen LogP contribution in [0.5, 0.6) is 0 Å². The maximum atomic E-state index is 12.0. The van der Waals surface area contributed by atoms with Crippen LogP contribution in [-0.2, 0) is 0 Å². The fourth-order valence-electron chi connectivity index (χ4n) is 1.67.